The highest BCUT2D eigenvalue weighted by Gasteiger charge is 2.50. The predicted octanol–water partition coefficient (Wildman–Crippen LogP) is 0.291. The molecule has 2 fully saturated rings. The number of aliphatic hydroxyl groups excluding tert-OH is 1. The first-order chi connectivity index (χ1) is 11.6. The molecule has 2 aliphatic heterocycles. The van der Waals surface area contributed by atoms with Crippen LogP contribution in [0.1, 0.15) is 35.2 Å². The molecule has 6 nitrogen and oxygen atoms in total. The highest BCUT2D eigenvalue weighted by Crippen LogP contribution is 2.37. The molecule has 24 heavy (non-hydrogen) atoms. The van der Waals surface area contributed by atoms with E-state index in [0.717, 1.165) is 18.4 Å². The van der Waals surface area contributed by atoms with E-state index in [9.17, 15) is 14.7 Å². The summed E-state index contributed by atoms with van der Waals surface area (Å²) in [5.41, 5.74) is 6.40. The smallest absolute Gasteiger partial charge is 0.253 e. The normalized spacial score (nSPS) is 27.2. The van der Waals surface area contributed by atoms with Crippen LogP contribution < -0.4 is 11.1 Å². The van der Waals surface area contributed by atoms with E-state index < -0.39 is 11.5 Å². The number of hydrogen-bond donors (Lipinski definition) is 3. The average molecular weight is 331 g/mol. The molecular formula is C18H25N3O3. The van der Waals surface area contributed by atoms with Crippen molar-refractivity contribution in [1.29, 1.82) is 0 Å². The number of benzene rings is 1. The van der Waals surface area contributed by atoms with Crippen molar-refractivity contribution in [3.8, 4) is 0 Å². The standard InChI is InChI=1S/C18H25N3O3/c19-9-6-13-2-4-14(5-3-13)16(23)21-11-7-15(22)18(12-21)8-1-10-20-17(18)24/h2-5,15,22H,1,6-12,19H2,(H,20,24)/t15?,18-/m1/s1. The van der Waals surface area contributed by atoms with Gasteiger partial charge in [-0.1, -0.05) is 12.1 Å². The lowest BCUT2D eigenvalue weighted by Gasteiger charge is -2.46. The quantitative estimate of drug-likeness (QED) is 0.742. The van der Waals surface area contributed by atoms with Crippen molar-refractivity contribution in [2.75, 3.05) is 26.2 Å². The molecule has 6 heteroatoms. The third kappa shape index (κ3) is 3.03. The Kier molecular flexibility index (Phi) is 4.87. The maximum Gasteiger partial charge on any atom is 0.253 e. The van der Waals surface area contributed by atoms with E-state index in [1.807, 2.05) is 24.3 Å². The number of piperidine rings is 2. The first-order valence-electron chi connectivity index (χ1n) is 8.61. The Bertz CT molecular complexity index is 616. The molecule has 2 atom stereocenters. The van der Waals surface area contributed by atoms with Crippen LogP contribution in [-0.2, 0) is 11.2 Å². The van der Waals surface area contributed by atoms with E-state index in [2.05, 4.69) is 5.32 Å². The minimum atomic E-state index is -0.856. The van der Waals surface area contributed by atoms with Crippen molar-refractivity contribution >= 4 is 11.8 Å². The molecule has 4 N–H and O–H groups in total. The minimum absolute atomic E-state index is 0.0843. The van der Waals surface area contributed by atoms with Gasteiger partial charge in [0.15, 0.2) is 0 Å². The van der Waals surface area contributed by atoms with Gasteiger partial charge in [-0.2, -0.15) is 0 Å². The molecule has 0 saturated carbocycles. The van der Waals surface area contributed by atoms with Gasteiger partial charge in [0.1, 0.15) is 0 Å². The number of nitrogens with zero attached hydrogens (tertiary/aromatic N) is 1. The van der Waals surface area contributed by atoms with Gasteiger partial charge in [-0.15, -0.1) is 0 Å². The number of likely N-dealkylation sites (tertiary alicyclic amines) is 1. The fourth-order valence-corrected chi connectivity index (χ4v) is 3.78. The van der Waals surface area contributed by atoms with Crippen molar-refractivity contribution < 1.29 is 14.7 Å². The summed E-state index contributed by atoms with van der Waals surface area (Å²) >= 11 is 0. The minimum Gasteiger partial charge on any atom is -0.392 e. The Morgan fingerprint density at radius 1 is 1.38 bits per heavy atom. The highest BCUT2D eigenvalue weighted by molar-refractivity contribution is 5.95. The van der Waals surface area contributed by atoms with Gasteiger partial charge in [-0.05, 0) is 49.9 Å². The summed E-state index contributed by atoms with van der Waals surface area (Å²) in [6.07, 6.45) is 1.99. The second-order valence-electron chi connectivity index (χ2n) is 6.78. The summed E-state index contributed by atoms with van der Waals surface area (Å²) in [7, 11) is 0. The molecule has 2 aliphatic rings. The second kappa shape index (κ2) is 6.91. The van der Waals surface area contributed by atoms with Gasteiger partial charge >= 0.3 is 0 Å². The molecule has 0 radical (unpaired) electrons. The number of amides is 2. The lowest BCUT2D eigenvalue weighted by atomic mass is 9.71. The zero-order valence-corrected chi connectivity index (χ0v) is 13.8. The maximum absolute atomic E-state index is 12.8. The van der Waals surface area contributed by atoms with Gasteiger partial charge in [-0.3, -0.25) is 9.59 Å². The number of carbonyl (C=O) groups excluding carboxylic acids is 2. The molecule has 1 aromatic rings. The Morgan fingerprint density at radius 3 is 2.79 bits per heavy atom. The number of nitrogens with one attached hydrogen (secondary N) is 1. The summed E-state index contributed by atoms with van der Waals surface area (Å²) in [6, 6.07) is 7.46. The van der Waals surface area contributed by atoms with Crippen LogP contribution in [0.4, 0.5) is 0 Å². The monoisotopic (exact) mass is 331 g/mol. The number of aliphatic hydroxyl groups is 1. The van der Waals surface area contributed by atoms with Crippen molar-refractivity contribution in [3.05, 3.63) is 35.4 Å². The summed E-state index contributed by atoms with van der Waals surface area (Å²) in [6.45, 7) is 1.97. The van der Waals surface area contributed by atoms with Gasteiger partial charge < -0.3 is 21.1 Å². The van der Waals surface area contributed by atoms with E-state index in [1.54, 1.807) is 4.90 Å². The Labute approximate surface area is 142 Å². The number of nitrogens with two attached hydrogens (primary N) is 1. The topological polar surface area (TPSA) is 95.7 Å². The first kappa shape index (κ1) is 16.9. The summed E-state index contributed by atoms with van der Waals surface area (Å²) in [5, 5.41) is 13.3. The molecular weight excluding hydrogens is 306 g/mol. The molecule has 1 aromatic carbocycles. The van der Waals surface area contributed by atoms with Crippen molar-refractivity contribution in [1.82, 2.24) is 10.2 Å². The molecule has 0 aromatic heterocycles. The van der Waals surface area contributed by atoms with Crippen molar-refractivity contribution in [2.45, 2.75) is 31.8 Å². The van der Waals surface area contributed by atoms with E-state index in [-0.39, 0.29) is 18.4 Å². The zero-order chi connectivity index (χ0) is 17.2. The van der Waals surface area contributed by atoms with Gasteiger partial charge in [-0.25, -0.2) is 0 Å². The molecule has 1 spiro atoms. The largest absolute Gasteiger partial charge is 0.392 e. The van der Waals surface area contributed by atoms with Crippen LogP contribution in [0, 0.1) is 5.41 Å². The molecule has 130 valence electrons. The van der Waals surface area contributed by atoms with Crippen LogP contribution in [0.25, 0.3) is 0 Å². The summed E-state index contributed by atoms with van der Waals surface area (Å²) in [5.74, 6) is -0.212. The zero-order valence-electron chi connectivity index (χ0n) is 13.8. The number of hydrogen-bond acceptors (Lipinski definition) is 4. The number of rotatable bonds is 3. The Balaban J connectivity index is 1.76. The fourth-order valence-electron chi connectivity index (χ4n) is 3.78. The molecule has 2 saturated heterocycles. The fraction of sp³-hybridized carbons (Fsp3) is 0.556. The molecule has 2 amide bonds. The predicted molar refractivity (Wildman–Crippen MR) is 90.4 cm³/mol. The van der Waals surface area contributed by atoms with Gasteiger partial charge in [0.2, 0.25) is 5.91 Å². The van der Waals surface area contributed by atoms with Crippen LogP contribution in [-0.4, -0.2) is 54.1 Å². The molecule has 0 bridgehead atoms. The number of carbonyl (C=O) groups is 2. The average Bonchev–Trinajstić information content (AvgIpc) is 2.60. The summed E-state index contributed by atoms with van der Waals surface area (Å²) < 4.78 is 0. The van der Waals surface area contributed by atoms with Crippen molar-refractivity contribution in [3.63, 3.8) is 0 Å². The van der Waals surface area contributed by atoms with E-state index in [4.69, 9.17) is 5.73 Å². The van der Waals surface area contributed by atoms with Crippen LogP contribution in [0.3, 0.4) is 0 Å². The summed E-state index contributed by atoms with van der Waals surface area (Å²) in [4.78, 5) is 26.9. The first-order valence-corrected chi connectivity index (χ1v) is 8.61. The Hall–Kier alpha value is -1.92. The lowest BCUT2D eigenvalue weighted by Crippen LogP contribution is -2.62. The maximum atomic E-state index is 12.8. The van der Waals surface area contributed by atoms with E-state index >= 15 is 0 Å². The van der Waals surface area contributed by atoms with Gasteiger partial charge in [0.05, 0.1) is 11.5 Å². The van der Waals surface area contributed by atoms with Crippen LogP contribution in [0.2, 0.25) is 0 Å². The highest BCUT2D eigenvalue weighted by atomic mass is 16.3. The molecule has 1 unspecified atom stereocenters. The van der Waals surface area contributed by atoms with E-state index in [0.29, 0.717) is 38.0 Å². The van der Waals surface area contributed by atoms with E-state index in [1.165, 1.54) is 0 Å². The van der Waals surface area contributed by atoms with Crippen LogP contribution in [0.15, 0.2) is 24.3 Å². The third-order valence-corrected chi connectivity index (χ3v) is 5.24. The van der Waals surface area contributed by atoms with Gasteiger partial charge in [0, 0.05) is 25.2 Å². The Morgan fingerprint density at radius 2 is 2.12 bits per heavy atom. The SMILES string of the molecule is NCCc1ccc(C(=O)N2CCC(O)[C@@]3(CCCNC3=O)C2)cc1. The lowest BCUT2D eigenvalue weighted by molar-refractivity contribution is -0.147. The van der Waals surface area contributed by atoms with Crippen LogP contribution in [0.5, 0.6) is 0 Å². The molecule has 0 aliphatic carbocycles. The van der Waals surface area contributed by atoms with Crippen molar-refractivity contribution in [2.24, 2.45) is 11.1 Å². The molecule has 2 heterocycles. The molecule has 3 rings (SSSR count). The second-order valence-corrected chi connectivity index (χ2v) is 6.78. The third-order valence-electron chi connectivity index (χ3n) is 5.24. The van der Waals surface area contributed by atoms with Crippen LogP contribution >= 0.6 is 0 Å². The van der Waals surface area contributed by atoms with Gasteiger partial charge in [0.25, 0.3) is 5.91 Å².